The Balaban J connectivity index is 2.70. The minimum absolute atomic E-state index is 0.299. The highest BCUT2D eigenvalue weighted by atomic mass is 16.3. The molecule has 0 radical (unpaired) electrons. The highest BCUT2D eigenvalue weighted by Gasteiger charge is 2.00. The number of aliphatic hydroxyl groups excluding tert-OH is 1. The van der Waals surface area contributed by atoms with Crippen LogP contribution in [0.5, 0.6) is 0 Å². The fraction of sp³-hybridized carbons (Fsp3) is 0.500. The van der Waals surface area contributed by atoms with Crippen LogP contribution in [0.25, 0.3) is 0 Å². The molecule has 1 aromatic rings. The van der Waals surface area contributed by atoms with Gasteiger partial charge in [-0.2, -0.15) is 0 Å². The van der Waals surface area contributed by atoms with Crippen LogP contribution in [0.15, 0.2) is 18.3 Å². The van der Waals surface area contributed by atoms with Gasteiger partial charge >= 0.3 is 0 Å². The highest BCUT2D eigenvalue weighted by Crippen LogP contribution is 2.09. The molecule has 1 aromatic heterocycles. The quantitative estimate of drug-likeness (QED) is 0.756. The summed E-state index contributed by atoms with van der Waals surface area (Å²) in [7, 11) is 3.91. The molecule has 0 unspecified atom stereocenters. The van der Waals surface area contributed by atoms with Crippen LogP contribution in [0, 0.1) is 0 Å². The average Bonchev–Trinajstić information content (AvgIpc) is 2.04. The minimum Gasteiger partial charge on any atom is -0.393 e. The number of nitrogens with zero attached hydrogens (tertiary/aromatic N) is 2. The predicted octanol–water partition coefficient (Wildman–Crippen LogP) is 1.07. The molecule has 0 saturated carbocycles. The molecular formula is C10H16N2O. The molecule has 0 bridgehead atoms. The van der Waals surface area contributed by atoms with Gasteiger partial charge in [0, 0.05) is 20.3 Å². The summed E-state index contributed by atoms with van der Waals surface area (Å²) in [5, 5.41) is 9.15. The van der Waals surface area contributed by atoms with E-state index in [9.17, 15) is 0 Å². The molecule has 0 aromatic carbocycles. The second-order valence-electron chi connectivity index (χ2n) is 3.47. The van der Waals surface area contributed by atoms with Crippen LogP contribution in [0.3, 0.4) is 0 Å². The largest absolute Gasteiger partial charge is 0.393 e. The molecular weight excluding hydrogens is 164 g/mol. The molecule has 1 heterocycles. The lowest BCUT2D eigenvalue weighted by Crippen LogP contribution is -2.11. The van der Waals surface area contributed by atoms with Crippen molar-refractivity contribution in [3.8, 4) is 0 Å². The van der Waals surface area contributed by atoms with Crippen molar-refractivity contribution in [2.45, 2.75) is 19.4 Å². The zero-order chi connectivity index (χ0) is 9.84. The van der Waals surface area contributed by atoms with Crippen molar-refractivity contribution in [2.75, 3.05) is 19.0 Å². The van der Waals surface area contributed by atoms with Gasteiger partial charge < -0.3 is 10.0 Å². The van der Waals surface area contributed by atoms with E-state index in [1.165, 1.54) is 0 Å². The molecule has 0 spiro atoms. The van der Waals surface area contributed by atoms with Gasteiger partial charge in [-0.1, -0.05) is 6.07 Å². The Bertz CT molecular complexity index is 254. The monoisotopic (exact) mass is 180 g/mol. The summed E-state index contributed by atoms with van der Waals surface area (Å²) < 4.78 is 0. The summed E-state index contributed by atoms with van der Waals surface area (Å²) in [5.74, 6) is 0.939. The maximum atomic E-state index is 9.15. The molecule has 72 valence electrons. The highest BCUT2D eigenvalue weighted by molar-refractivity contribution is 5.37. The third kappa shape index (κ3) is 3.03. The predicted molar refractivity (Wildman–Crippen MR) is 53.9 cm³/mol. The van der Waals surface area contributed by atoms with E-state index in [0.717, 1.165) is 11.4 Å². The van der Waals surface area contributed by atoms with Gasteiger partial charge in [-0.05, 0) is 25.0 Å². The molecule has 1 N–H and O–H groups in total. The molecule has 0 aliphatic carbocycles. The molecule has 0 amide bonds. The van der Waals surface area contributed by atoms with E-state index >= 15 is 0 Å². The number of hydrogen-bond acceptors (Lipinski definition) is 3. The number of hydrogen-bond donors (Lipinski definition) is 1. The number of pyridine rings is 1. The number of aromatic nitrogens is 1. The standard InChI is InChI=1S/C10H16N2O/c1-8(13)6-9-4-5-10(11-7-9)12(2)3/h4-5,7-8,13H,6H2,1-3H3/t8-/m0/s1. The van der Waals surface area contributed by atoms with Crippen LogP contribution < -0.4 is 4.90 Å². The Morgan fingerprint density at radius 1 is 1.46 bits per heavy atom. The smallest absolute Gasteiger partial charge is 0.127 e. The second kappa shape index (κ2) is 4.23. The minimum atomic E-state index is -0.299. The Labute approximate surface area is 79.0 Å². The zero-order valence-electron chi connectivity index (χ0n) is 8.36. The topological polar surface area (TPSA) is 36.4 Å². The second-order valence-corrected chi connectivity index (χ2v) is 3.47. The molecule has 0 fully saturated rings. The molecule has 0 aliphatic rings. The van der Waals surface area contributed by atoms with Gasteiger partial charge in [0.2, 0.25) is 0 Å². The van der Waals surface area contributed by atoms with Gasteiger partial charge in [-0.3, -0.25) is 0 Å². The summed E-state index contributed by atoms with van der Waals surface area (Å²) in [6.07, 6.45) is 2.18. The van der Waals surface area contributed by atoms with E-state index in [2.05, 4.69) is 4.98 Å². The van der Waals surface area contributed by atoms with E-state index in [0.29, 0.717) is 6.42 Å². The first-order chi connectivity index (χ1) is 6.09. The first kappa shape index (κ1) is 9.99. The van der Waals surface area contributed by atoms with Gasteiger partial charge in [0.05, 0.1) is 6.10 Å². The van der Waals surface area contributed by atoms with E-state index in [4.69, 9.17) is 5.11 Å². The lowest BCUT2D eigenvalue weighted by molar-refractivity contribution is 0.195. The molecule has 1 atom stereocenters. The van der Waals surface area contributed by atoms with Gasteiger partial charge in [-0.25, -0.2) is 4.98 Å². The summed E-state index contributed by atoms with van der Waals surface area (Å²) in [6, 6.07) is 3.95. The van der Waals surface area contributed by atoms with E-state index in [1.807, 2.05) is 37.3 Å². The van der Waals surface area contributed by atoms with E-state index < -0.39 is 0 Å². The van der Waals surface area contributed by atoms with Crippen molar-refractivity contribution < 1.29 is 5.11 Å². The lowest BCUT2D eigenvalue weighted by atomic mass is 10.1. The normalized spacial score (nSPS) is 12.6. The zero-order valence-corrected chi connectivity index (χ0v) is 8.36. The first-order valence-corrected chi connectivity index (χ1v) is 4.40. The van der Waals surface area contributed by atoms with Gasteiger partial charge in [-0.15, -0.1) is 0 Å². The Hall–Kier alpha value is -1.09. The van der Waals surface area contributed by atoms with Crippen molar-refractivity contribution in [3.63, 3.8) is 0 Å². The van der Waals surface area contributed by atoms with Crippen molar-refractivity contribution >= 4 is 5.82 Å². The van der Waals surface area contributed by atoms with Crippen LogP contribution in [-0.2, 0) is 6.42 Å². The van der Waals surface area contributed by atoms with Crippen molar-refractivity contribution in [1.82, 2.24) is 4.98 Å². The average molecular weight is 180 g/mol. The summed E-state index contributed by atoms with van der Waals surface area (Å²) in [5.41, 5.74) is 1.07. The summed E-state index contributed by atoms with van der Waals surface area (Å²) in [4.78, 5) is 6.20. The van der Waals surface area contributed by atoms with Crippen molar-refractivity contribution in [3.05, 3.63) is 23.9 Å². The van der Waals surface area contributed by atoms with Crippen LogP contribution in [0.4, 0.5) is 5.82 Å². The summed E-state index contributed by atoms with van der Waals surface area (Å²) in [6.45, 7) is 1.78. The molecule has 3 nitrogen and oxygen atoms in total. The molecule has 0 aliphatic heterocycles. The number of aliphatic hydroxyl groups is 1. The Morgan fingerprint density at radius 2 is 2.15 bits per heavy atom. The molecule has 1 rings (SSSR count). The third-order valence-electron chi connectivity index (χ3n) is 1.80. The van der Waals surface area contributed by atoms with Crippen LogP contribution in [-0.4, -0.2) is 30.3 Å². The fourth-order valence-electron chi connectivity index (χ4n) is 1.14. The molecule has 0 saturated heterocycles. The first-order valence-electron chi connectivity index (χ1n) is 4.40. The maximum Gasteiger partial charge on any atom is 0.127 e. The van der Waals surface area contributed by atoms with Crippen molar-refractivity contribution in [1.29, 1.82) is 0 Å². The van der Waals surface area contributed by atoms with Crippen LogP contribution in [0.1, 0.15) is 12.5 Å². The van der Waals surface area contributed by atoms with E-state index in [1.54, 1.807) is 6.92 Å². The SMILES string of the molecule is C[C@H](O)Cc1ccc(N(C)C)nc1. The maximum absolute atomic E-state index is 9.15. The van der Waals surface area contributed by atoms with E-state index in [-0.39, 0.29) is 6.10 Å². The van der Waals surface area contributed by atoms with Crippen LogP contribution in [0.2, 0.25) is 0 Å². The number of anilines is 1. The Morgan fingerprint density at radius 3 is 2.54 bits per heavy atom. The van der Waals surface area contributed by atoms with Gasteiger partial charge in [0.25, 0.3) is 0 Å². The Kier molecular flexibility index (Phi) is 3.25. The van der Waals surface area contributed by atoms with Gasteiger partial charge in [0.15, 0.2) is 0 Å². The van der Waals surface area contributed by atoms with Crippen LogP contribution >= 0.6 is 0 Å². The third-order valence-corrected chi connectivity index (χ3v) is 1.80. The number of rotatable bonds is 3. The summed E-state index contributed by atoms with van der Waals surface area (Å²) >= 11 is 0. The molecule has 3 heteroatoms. The van der Waals surface area contributed by atoms with Crippen molar-refractivity contribution in [2.24, 2.45) is 0 Å². The lowest BCUT2D eigenvalue weighted by Gasteiger charge is -2.11. The van der Waals surface area contributed by atoms with Gasteiger partial charge in [0.1, 0.15) is 5.82 Å². The fourth-order valence-corrected chi connectivity index (χ4v) is 1.14. The molecule has 13 heavy (non-hydrogen) atoms.